The lowest BCUT2D eigenvalue weighted by Gasteiger charge is -2.20. The molecule has 1 unspecified atom stereocenters. The minimum atomic E-state index is -0.318. The molecule has 1 amide bonds. The van der Waals surface area contributed by atoms with Gasteiger partial charge in [0, 0.05) is 6.20 Å². The lowest BCUT2D eigenvalue weighted by Crippen LogP contribution is -2.46. The Morgan fingerprint density at radius 2 is 2.21 bits per heavy atom. The van der Waals surface area contributed by atoms with Gasteiger partial charge in [-0.3, -0.25) is 4.79 Å². The SMILES string of the molecule is CC(C)C(NC(=O)c1cnn2ccccc12)C(N)=S. The van der Waals surface area contributed by atoms with Crippen molar-refractivity contribution in [2.45, 2.75) is 19.9 Å². The number of rotatable bonds is 4. The van der Waals surface area contributed by atoms with Crippen molar-refractivity contribution in [3.63, 3.8) is 0 Å². The maximum Gasteiger partial charge on any atom is 0.255 e. The Hall–Kier alpha value is -1.95. The van der Waals surface area contributed by atoms with E-state index < -0.39 is 0 Å². The molecular formula is C13H16N4OS. The maximum atomic E-state index is 12.3. The molecule has 100 valence electrons. The van der Waals surface area contributed by atoms with Gasteiger partial charge in [-0.2, -0.15) is 5.10 Å². The van der Waals surface area contributed by atoms with Crippen molar-refractivity contribution in [2.24, 2.45) is 11.7 Å². The van der Waals surface area contributed by atoms with Gasteiger partial charge in [0.15, 0.2) is 0 Å². The summed E-state index contributed by atoms with van der Waals surface area (Å²) in [6.07, 6.45) is 3.33. The van der Waals surface area contributed by atoms with Gasteiger partial charge in [0.05, 0.1) is 28.3 Å². The molecule has 0 aliphatic carbocycles. The first-order valence-electron chi connectivity index (χ1n) is 6.03. The molecule has 5 nitrogen and oxygen atoms in total. The molecule has 2 aromatic heterocycles. The standard InChI is InChI=1S/C13H16N4OS/c1-8(2)11(12(14)19)16-13(18)9-7-15-17-6-4-3-5-10(9)17/h3-8,11H,1-2H3,(H2,14,19)(H,16,18). The van der Waals surface area contributed by atoms with Gasteiger partial charge in [0.2, 0.25) is 0 Å². The number of pyridine rings is 1. The number of amides is 1. The van der Waals surface area contributed by atoms with Crippen LogP contribution in [0.4, 0.5) is 0 Å². The van der Waals surface area contributed by atoms with Crippen LogP contribution in [0.15, 0.2) is 30.6 Å². The second-order valence-corrected chi connectivity index (χ2v) is 5.16. The summed E-state index contributed by atoms with van der Waals surface area (Å²) in [5, 5.41) is 6.98. The van der Waals surface area contributed by atoms with Gasteiger partial charge in [-0.15, -0.1) is 0 Å². The molecule has 0 aromatic carbocycles. The highest BCUT2D eigenvalue weighted by Gasteiger charge is 2.21. The molecule has 0 radical (unpaired) electrons. The summed E-state index contributed by atoms with van der Waals surface area (Å²) in [5.41, 5.74) is 6.92. The van der Waals surface area contributed by atoms with Gasteiger partial charge < -0.3 is 11.1 Å². The Labute approximate surface area is 116 Å². The maximum absolute atomic E-state index is 12.3. The number of carbonyl (C=O) groups is 1. The zero-order valence-corrected chi connectivity index (χ0v) is 11.6. The fourth-order valence-corrected chi connectivity index (χ4v) is 2.23. The van der Waals surface area contributed by atoms with Crippen LogP contribution in [0.25, 0.3) is 5.52 Å². The quantitative estimate of drug-likeness (QED) is 0.827. The first-order valence-corrected chi connectivity index (χ1v) is 6.44. The molecule has 0 aliphatic heterocycles. The zero-order chi connectivity index (χ0) is 14.0. The van der Waals surface area contributed by atoms with E-state index in [4.69, 9.17) is 18.0 Å². The first kappa shape index (κ1) is 13.5. The molecule has 19 heavy (non-hydrogen) atoms. The van der Waals surface area contributed by atoms with E-state index in [2.05, 4.69) is 10.4 Å². The Kier molecular flexibility index (Phi) is 3.80. The van der Waals surface area contributed by atoms with Crippen molar-refractivity contribution in [3.8, 4) is 0 Å². The smallest absolute Gasteiger partial charge is 0.255 e. The highest BCUT2D eigenvalue weighted by Crippen LogP contribution is 2.11. The molecule has 3 N–H and O–H groups in total. The average molecular weight is 276 g/mol. The van der Waals surface area contributed by atoms with Crippen LogP contribution in [0.5, 0.6) is 0 Å². The van der Waals surface area contributed by atoms with Gasteiger partial charge in [-0.1, -0.05) is 32.1 Å². The summed E-state index contributed by atoms with van der Waals surface area (Å²) in [6, 6.07) is 5.24. The van der Waals surface area contributed by atoms with Gasteiger partial charge in [0.25, 0.3) is 5.91 Å². The van der Waals surface area contributed by atoms with Crippen LogP contribution in [0.2, 0.25) is 0 Å². The molecule has 2 rings (SSSR count). The largest absolute Gasteiger partial charge is 0.392 e. The monoisotopic (exact) mass is 276 g/mol. The van der Waals surface area contributed by atoms with Crippen molar-refractivity contribution < 1.29 is 4.79 Å². The highest BCUT2D eigenvalue weighted by atomic mass is 32.1. The van der Waals surface area contributed by atoms with Crippen LogP contribution < -0.4 is 11.1 Å². The summed E-state index contributed by atoms with van der Waals surface area (Å²) in [7, 11) is 0. The minimum Gasteiger partial charge on any atom is -0.392 e. The number of nitrogens with one attached hydrogen (secondary N) is 1. The molecule has 2 heterocycles. The number of thiocarbonyl (C=S) groups is 1. The lowest BCUT2D eigenvalue weighted by molar-refractivity contribution is 0.0941. The van der Waals surface area contributed by atoms with Crippen LogP contribution in [-0.4, -0.2) is 26.6 Å². The summed E-state index contributed by atoms with van der Waals surface area (Å²) in [4.78, 5) is 12.6. The summed E-state index contributed by atoms with van der Waals surface area (Å²) >= 11 is 4.98. The van der Waals surface area contributed by atoms with Crippen LogP contribution in [0.1, 0.15) is 24.2 Å². The third-order valence-corrected chi connectivity index (χ3v) is 3.18. The molecule has 0 aliphatic rings. The van der Waals surface area contributed by atoms with Gasteiger partial charge in [-0.05, 0) is 18.1 Å². The van der Waals surface area contributed by atoms with E-state index in [0.29, 0.717) is 10.6 Å². The fourth-order valence-electron chi connectivity index (χ4n) is 1.89. The van der Waals surface area contributed by atoms with Gasteiger partial charge in [-0.25, -0.2) is 4.52 Å². The molecule has 0 saturated heterocycles. The molecule has 0 saturated carbocycles. The number of hydrogen-bond donors (Lipinski definition) is 2. The third-order valence-electron chi connectivity index (χ3n) is 2.93. The number of hydrogen-bond acceptors (Lipinski definition) is 3. The van der Waals surface area contributed by atoms with Crippen molar-refractivity contribution in [1.82, 2.24) is 14.9 Å². The molecule has 0 fully saturated rings. The average Bonchev–Trinajstić information content (AvgIpc) is 2.78. The van der Waals surface area contributed by atoms with Crippen molar-refractivity contribution in [1.29, 1.82) is 0 Å². The summed E-state index contributed by atoms with van der Waals surface area (Å²) in [5.74, 6) is -0.0732. The number of fused-ring (bicyclic) bond motifs is 1. The molecule has 0 bridgehead atoms. The Bertz CT molecular complexity index is 620. The Balaban J connectivity index is 2.27. The summed E-state index contributed by atoms with van der Waals surface area (Å²) < 4.78 is 1.65. The van der Waals surface area contributed by atoms with Crippen LogP contribution in [-0.2, 0) is 0 Å². The lowest BCUT2D eigenvalue weighted by atomic mass is 10.0. The minimum absolute atomic E-state index is 0.142. The van der Waals surface area contributed by atoms with E-state index in [9.17, 15) is 4.79 Å². The van der Waals surface area contributed by atoms with Crippen LogP contribution in [0.3, 0.4) is 0 Å². The van der Waals surface area contributed by atoms with E-state index in [1.165, 1.54) is 0 Å². The Morgan fingerprint density at radius 1 is 1.47 bits per heavy atom. The van der Waals surface area contributed by atoms with E-state index in [-0.39, 0.29) is 17.9 Å². The molecule has 1 atom stereocenters. The fraction of sp³-hybridized carbons (Fsp3) is 0.308. The highest BCUT2D eigenvalue weighted by molar-refractivity contribution is 7.80. The second kappa shape index (κ2) is 5.36. The number of carbonyl (C=O) groups excluding carboxylic acids is 1. The second-order valence-electron chi connectivity index (χ2n) is 4.69. The first-order chi connectivity index (χ1) is 9.00. The number of nitrogens with zero attached hydrogens (tertiary/aromatic N) is 2. The van der Waals surface area contributed by atoms with E-state index in [1.54, 1.807) is 16.9 Å². The zero-order valence-electron chi connectivity index (χ0n) is 10.8. The third kappa shape index (κ3) is 2.73. The van der Waals surface area contributed by atoms with E-state index in [0.717, 1.165) is 5.52 Å². The summed E-state index contributed by atoms with van der Waals surface area (Å²) in [6.45, 7) is 3.92. The molecular weight excluding hydrogens is 260 g/mol. The normalized spacial score (nSPS) is 12.6. The van der Waals surface area contributed by atoms with Crippen molar-refractivity contribution >= 4 is 28.6 Å². The van der Waals surface area contributed by atoms with Crippen molar-refractivity contribution in [2.75, 3.05) is 0 Å². The number of nitrogens with two attached hydrogens (primary N) is 1. The number of aromatic nitrogens is 2. The predicted octanol–water partition coefficient (Wildman–Crippen LogP) is 1.37. The van der Waals surface area contributed by atoms with Crippen molar-refractivity contribution in [3.05, 3.63) is 36.2 Å². The van der Waals surface area contributed by atoms with Crippen LogP contribution >= 0.6 is 12.2 Å². The van der Waals surface area contributed by atoms with E-state index in [1.807, 2.05) is 32.0 Å². The topological polar surface area (TPSA) is 72.4 Å². The molecule has 2 aromatic rings. The predicted molar refractivity (Wildman–Crippen MR) is 78.1 cm³/mol. The van der Waals surface area contributed by atoms with Gasteiger partial charge >= 0.3 is 0 Å². The molecule has 0 spiro atoms. The van der Waals surface area contributed by atoms with Crippen LogP contribution in [0, 0.1) is 5.92 Å². The van der Waals surface area contributed by atoms with Gasteiger partial charge in [0.1, 0.15) is 0 Å². The Morgan fingerprint density at radius 3 is 2.84 bits per heavy atom. The molecule has 6 heteroatoms. The van der Waals surface area contributed by atoms with E-state index >= 15 is 0 Å².